The number of primary amides is 1. The molecule has 0 bridgehead atoms. The van der Waals surface area contributed by atoms with Crippen LogP contribution in [0, 0.1) is 0 Å². The molecule has 0 radical (unpaired) electrons. The summed E-state index contributed by atoms with van der Waals surface area (Å²) in [6, 6.07) is 30.5. The minimum atomic E-state index is -1.53. The Balaban J connectivity index is 1.51. The van der Waals surface area contributed by atoms with E-state index < -0.39 is 29.0 Å². The number of nitrogens with two attached hydrogens (primary N) is 1. The number of methoxy groups -OCH3 is 1. The summed E-state index contributed by atoms with van der Waals surface area (Å²) in [4.78, 5) is 42.0. The fourth-order valence-electron chi connectivity index (χ4n) is 4.81. The van der Waals surface area contributed by atoms with Gasteiger partial charge in [0.25, 0.3) is 5.91 Å². The molecule has 0 spiro atoms. The molecule has 1 unspecified atom stereocenters. The molecule has 0 aromatic heterocycles. The number of rotatable bonds is 16. The van der Waals surface area contributed by atoms with Crippen LogP contribution in [0.4, 0.5) is 0 Å². The molecule has 4 aromatic rings. The Kier molecular flexibility index (Phi) is 13.4. The van der Waals surface area contributed by atoms with Crippen LogP contribution in [0.2, 0.25) is 10.0 Å². The van der Waals surface area contributed by atoms with Crippen LogP contribution < -0.4 is 15.8 Å². The molecule has 4 aromatic carbocycles. The van der Waals surface area contributed by atoms with Crippen molar-refractivity contribution in [2.75, 3.05) is 20.2 Å². The molecule has 4 rings (SSSR count). The Bertz CT molecular complexity index is 1520. The summed E-state index contributed by atoms with van der Waals surface area (Å²) >= 11 is 13.5. The maximum atomic E-state index is 13.9. The molecule has 46 heavy (non-hydrogen) atoms. The van der Waals surface area contributed by atoms with Gasteiger partial charge in [-0.25, -0.2) is 0 Å². The molecule has 10 heteroatoms. The summed E-state index contributed by atoms with van der Waals surface area (Å²) in [6.07, 6.45) is 1.46. The first kappa shape index (κ1) is 34.9. The van der Waals surface area contributed by atoms with Gasteiger partial charge in [-0.15, -0.1) is 11.8 Å². The van der Waals surface area contributed by atoms with Crippen LogP contribution in [0.1, 0.15) is 22.3 Å². The number of nitrogens with one attached hydrogen (secondary N) is 1. The van der Waals surface area contributed by atoms with Crippen LogP contribution in [0.5, 0.6) is 5.75 Å². The average Bonchev–Trinajstić information content (AvgIpc) is 3.07. The Hall–Kier alpha value is -3.98. The molecule has 0 heterocycles. The van der Waals surface area contributed by atoms with E-state index in [1.807, 2.05) is 78.9 Å². The quantitative estimate of drug-likeness (QED) is 0.139. The van der Waals surface area contributed by atoms with E-state index in [9.17, 15) is 14.4 Å². The molecule has 3 N–H and O–H groups in total. The van der Waals surface area contributed by atoms with E-state index in [0.717, 1.165) is 28.0 Å². The van der Waals surface area contributed by atoms with Crippen LogP contribution in [-0.2, 0) is 39.4 Å². The van der Waals surface area contributed by atoms with E-state index in [1.54, 1.807) is 36.3 Å². The van der Waals surface area contributed by atoms with E-state index in [2.05, 4.69) is 5.32 Å². The predicted molar refractivity (Wildman–Crippen MR) is 186 cm³/mol. The van der Waals surface area contributed by atoms with Gasteiger partial charge < -0.3 is 20.7 Å². The van der Waals surface area contributed by atoms with Crippen molar-refractivity contribution in [1.82, 2.24) is 10.2 Å². The molecule has 7 nitrogen and oxygen atoms in total. The molecule has 0 saturated carbocycles. The Morgan fingerprint density at radius 1 is 0.761 bits per heavy atom. The van der Waals surface area contributed by atoms with Gasteiger partial charge in [0, 0.05) is 28.9 Å². The molecule has 240 valence electrons. The minimum Gasteiger partial charge on any atom is -0.497 e. The second-order valence-electron chi connectivity index (χ2n) is 10.8. The van der Waals surface area contributed by atoms with Crippen molar-refractivity contribution in [1.29, 1.82) is 0 Å². The number of ether oxygens (including phenoxy) is 1. The number of hydrogen-bond donors (Lipinski definition) is 2. The standard InChI is InChI=1S/C36H37Cl2N3O4S/c1-45-31-17-11-28(12-18-31)24-46-32(23-27-5-3-2-4-6-27)35(43)40-33(34(39)42)36(44)41(21-19-25-7-13-29(37)14-8-25)22-20-26-9-15-30(38)16-10-26/h2-18,32-33H,19-24H2,1H3,(H2,39,42)(H,40,43)/t32-,33?/m0/s1. The smallest absolute Gasteiger partial charge is 0.254 e. The van der Waals surface area contributed by atoms with E-state index in [0.29, 0.717) is 48.2 Å². The van der Waals surface area contributed by atoms with Gasteiger partial charge in [0.15, 0.2) is 6.04 Å². The van der Waals surface area contributed by atoms with Gasteiger partial charge in [0.05, 0.1) is 12.4 Å². The maximum Gasteiger partial charge on any atom is 0.254 e. The number of benzene rings is 4. The first-order valence-electron chi connectivity index (χ1n) is 14.9. The highest BCUT2D eigenvalue weighted by molar-refractivity contribution is 7.99. The maximum absolute atomic E-state index is 13.9. The molecule has 3 amide bonds. The van der Waals surface area contributed by atoms with Crippen LogP contribution in [-0.4, -0.2) is 54.1 Å². The zero-order valence-corrected chi connectivity index (χ0v) is 27.9. The van der Waals surface area contributed by atoms with Crippen LogP contribution in [0.3, 0.4) is 0 Å². The lowest BCUT2D eigenvalue weighted by molar-refractivity contribution is -0.141. The van der Waals surface area contributed by atoms with Gasteiger partial charge >= 0.3 is 0 Å². The van der Waals surface area contributed by atoms with Crippen LogP contribution >= 0.6 is 35.0 Å². The number of amides is 3. The fraction of sp³-hybridized carbons (Fsp3) is 0.250. The zero-order valence-electron chi connectivity index (χ0n) is 25.5. The third-order valence-corrected chi connectivity index (χ3v) is 9.25. The average molecular weight is 679 g/mol. The summed E-state index contributed by atoms with van der Waals surface area (Å²) in [5, 5.41) is 3.35. The highest BCUT2D eigenvalue weighted by atomic mass is 35.5. The molecule has 0 aliphatic heterocycles. The van der Waals surface area contributed by atoms with E-state index >= 15 is 0 Å². The Labute approximate surface area is 284 Å². The van der Waals surface area contributed by atoms with E-state index in [-0.39, 0.29) is 0 Å². The lowest BCUT2D eigenvalue weighted by Gasteiger charge is -2.28. The van der Waals surface area contributed by atoms with Crippen LogP contribution in [0.15, 0.2) is 103 Å². The minimum absolute atomic E-state index is 0.313. The summed E-state index contributed by atoms with van der Waals surface area (Å²) in [5.41, 5.74) is 9.69. The number of carbonyl (C=O) groups excluding carboxylic acids is 3. The van der Waals surface area contributed by atoms with Gasteiger partial charge in [-0.3, -0.25) is 14.4 Å². The topological polar surface area (TPSA) is 102 Å². The number of carbonyl (C=O) groups is 3. The third kappa shape index (κ3) is 10.8. The van der Waals surface area contributed by atoms with Crippen molar-refractivity contribution in [3.8, 4) is 5.75 Å². The molecule has 0 aliphatic rings. The molecule has 2 atom stereocenters. The van der Waals surface area contributed by atoms with E-state index in [1.165, 1.54) is 11.8 Å². The normalized spacial score (nSPS) is 12.2. The summed E-state index contributed by atoms with van der Waals surface area (Å²) in [5.74, 6) is -0.623. The molecular formula is C36H37Cl2N3O4S. The predicted octanol–water partition coefficient (Wildman–Crippen LogP) is 6.13. The number of halogens is 2. The lowest BCUT2D eigenvalue weighted by atomic mass is 10.1. The second-order valence-corrected chi connectivity index (χ2v) is 12.8. The van der Waals surface area contributed by atoms with E-state index in [4.69, 9.17) is 33.7 Å². The fourth-order valence-corrected chi connectivity index (χ4v) is 6.18. The number of hydrogen-bond acceptors (Lipinski definition) is 5. The summed E-state index contributed by atoms with van der Waals surface area (Å²) in [6.45, 7) is 0.626. The molecule has 0 aliphatic carbocycles. The van der Waals surface area contributed by atoms with Crippen molar-refractivity contribution in [3.63, 3.8) is 0 Å². The third-order valence-electron chi connectivity index (χ3n) is 7.46. The summed E-state index contributed by atoms with van der Waals surface area (Å²) in [7, 11) is 1.61. The SMILES string of the molecule is COc1ccc(CS[C@@H](Cc2ccccc2)C(=O)NC(C(N)=O)C(=O)N(CCc2ccc(Cl)cc2)CCc2ccc(Cl)cc2)cc1. The Morgan fingerprint density at radius 2 is 1.28 bits per heavy atom. The van der Waals surface area contributed by atoms with Crippen molar-refractivity contribution >= 4 is 52.7 Å². The highest BCUT2D eigenvalue weighted by Gasteiger charge is 2.33. The second kappa shape index (κ2) is 17.6. The number of nitrogens with zero attached hydrogens (tertiary/aromatic N) is 1. The van der Waals surface area contributed by atoms with Gasteiger partial charge in [-0.05, 0) is 77.9 Å². The van der Waals surface area contributed by atoms with Gasteiger partial charge in [-0.2, -0.15) is 0 Å². The largest absolute Gasteiger partial charge is 0.497 e. The first-order chi connectivity index (χ1) is 22.2. The van der Waals surface area contributed by atoms with Gasteiger partial charge in [0.2, 0.25) is 11.8 Å². The Morgan fingerprint density at radius 3 is 1.78 bits per heavy atom. The van der Waals surface area contributed by atoms with Crippen molar-refractivity contribution < 1.29 is 19.1 Å². The monoisotopic (exact) mass is 677 g/mol. The lowest BCUT2D eigenvalue weighted by Crippen LogP contribution is -2.57. The van der Waals surface area contributed by atoms with Crippen molar-refractivity contribution in [3.05, 3.63) is 135 Å². The highest BCUT2D eigenvalue weighted by Crippen LogP contribution is 2.24. The first-order valence-corrected chi connectivity index (χ1v) is 16.7. The molecular weight excluding hydrogens is 641 g/mol. The zero-order chi connectivity index (χ0) is 32.9. The van der Waals surface area contributed by atoms with Crippen molar-refractivity contribution in [2.24, 2.45) is 5.73 Å². The van der Waals surface area contributed by atoms with Crippen LogP contribution in [0.25, 0.3) is 0 Å². The van der Waals surface area contributed by atoms with Gasteiger partial charge in [-0.1, -0.05) is 89.9 Å². The number of thioether (sulfide) groups is 1. The molecule has 0 saturated heterocycles. The summed E-state index contributed by atoms with van der Waals surface area (Å²) < 4.78 is 5.25. The van der Waals surface area contributed by atoms with Crippen molar-refractivity contribution in [2.45, 2.75) is 36.3 Å². The van der Waals surface area contributed by atoms with Gasteiger partial charge in [0.1, 0.15) is 5.75 Å². The molecule has 0 fully saturated rings.